The van der Waals surface area contributed by atoms with E-state index in [1.807, 2.05) is 19.2 Å². The molecule has 0 amide bonds. The molecule has 1 aromatic carbocycles. The van der Waals surface area contributed by atoms with Crippen LogP contribution in [0.15, 0.2) is 18.2 Å². The van der Waals surface area contributed by atoms with Gasteiger partial charge in [0.25, 0.3) is 0 Å². The van der Waals surface area contributed by atoms with E-state index in [0.717, 1.165) is 24.6 Å². The zero-order valence-electron chi connectivity index (χ0n) is 10.7. The predicted molar refractivity (Wildman–Crippen MR) is 67.4 cm³/mol. The van der Waals surface area contributed by atoms with E-state index in [4.69, 9.17) is 9.47 Å². The molecule has 0 saturated carbocycles. The van der Waals surface area contributed by atoms with Crippen LogP contribution < -0.4 is 20.1 Å². The summed E-state index contributed by atoms with van der Waals surface area (Å²) in [7, 11) is 1.97. The lowest BCUT2D eigenvalue weighted by atomic mass is 10.1. The Morgan fingerprint density at radius 1 is 1.24 bits per heavy atom. The molecule has 0 saturated heterocycles. The first-order chi connectivity index (χ1) is 8.11. The number of nitrogens with one attached hydrogen (secondary N) is 2. The normalized spacial score (nSPS) is 14.1. The Balaban J connectivity index is 1.88. The van der Waals surface area contributed by atoms with Crippen molar-refractivity contribution in [3.63, 3.8) is 0 Å². The van der Waals surface area contributed by atoms with E-state index in [9.17, 15) is 0 Å². The van der Waals surface area contributed by atoms with Crippen molar-refractivity contribution in [1.82, 2.24) is 10.6 Å². The third-order valence-electron chi connectivity index (χ3n) is 3.01. The highest BCUT2D eigenvalue weighted by Gasteiger charge is 2.15. The molecular weight excluding hydrogens is 216 g/mol. The van der Waals surface area contributed by atoms with Gasteiger partial charge in [0.2, 0.25) is 6.79 Å². The van der Waals surface area contributed by atoms with Crippen LogP contribution in [0.1, 0.15) is 19.4 Å². The number of rotatable bonds is 5. The molecule has 0 unspecified atom stereocenters. The Bertz CT molecular complexity index is 391. The quantitative estimate of drug-likeness (QED) is 0.813. The highest BCUT2D eigenvalue weighted by molar-refractivity contribution is 5.44. The summed E-state index contributed by atoms with van der Waals surface area (Å²) in [6.07, 6.45) is 0. The van der Waals surface area contributed by atoms with Crippen LogP contribution in [0.4, 0.5) is 0 Å². The molecule has 2 rings (SSSR count). The van der Waals surface area contributed by atoms with Crippen LogP contribution in [0.25, 0.3) is 0 Å². The van der Waals surface area contributed by atoms with E-state index in [2.05, 4.69) is 30.5 Å². The van der Waals surface area contributed by atoms with Crippen LogP contribution in [0.3, 0.4) is 0 Å². The minimum Gasteiger partial charge on any atom is -0.454 e. The van der Waals surface area contributed by atoms with Crippen LogP contribution in [0.2, 0.25) is 0 Å². The maximum Gasteiger partial charge on any atom is 0.231 e. The number of hydrogen-bond donors (Lipinski definition) is 2. The molecule has 17 heavy (non-hydrogen) atoms. The van der Waals surface area contributed by atoms with Crippen molar-refractivity contribution in [2.75, 3.05) is 20.4 Å². The molecule has 0 aromatic heterocycles. The lowest BCUT2D eigenvalue weighted by molar-refractivity contribution is 0.174. The van der Waals surface area contributed by atoms with Gasteiger partial charge in [-0.15, -0.1) is 0 Å². The van der Waals surface area contributed by atoms with Crippen LogP contribution in [-0.4, -0.2) is 25.9 Å². The highest BCUT2D eigenvalue weighted by Crippen LogP contribution is 2.32. The summed E-state index contributed by atoms with van der Waals surface area (Å²) in [5.41, 5.74) is 1.32. The van der Waals surface area contributed by atoms with E-state index in [0.29, 0.717) is 6.79 Å². The molecule has 0 aliphatic carbocycles. The van der Waals surface area contributed by atoms with Crippen molar-refractivity contribution in [1.29, 1.82) is 0 Å². The van der Waals surface area contributed by atoms with Gasteiger partial charge in [0.05, 0.1) is 0 Å². The Labute approximate surface area is 102 Å². The highest BCUT2D eigenvalue weighted by atomic mass is 16.7. The summed E-state index contributed by atoms with van der Waals surface area (Å²) >= 11 is 0. The summed E-state index contributed by atoms with van der Waals surface area (Å²) in [6, 6.07) is 6.05. The Morgan fingerprint density at radius 3 is 2.76 bits per heavy atom. The van der Waals surface area contributed by atoms with Gasteiger partial charge in [-0.25, -0.2) is 0 Å². The minimum atomic E-state index is 0.107. The van der Waals surface area contributed by atoms with E-state index < -0.39 is 0 Å². The van der Waals surface area contributed by atoms with Crippen molar-refractivity contribution in [3.05, 3.63) is 23.8 Å². The summed E-state index contributed by atoms with van der Waals surface area (Å²) in [5, 5.41) is 6.69. The molecule has 4 nitrogen and oxygen atoms in total. The third-order valence-corrected chi connectivity index (χ3v) is 3.01. The first-order valence-electron chi connectivity index (χ1n) is 5.89. The van der Waals surface area contributed by atoms with Gasteiger partial charge in [0.15, 0.2) is 11.5 Å². The summed E-state index contributed by atoms with van der Waals surface area (Å²) in [5.74, 6) is 1.68. The monoisotopic (exact) mass is 236 g/mol. The predicted octanol–water partition coefficient (Wildman–Crippen LogP) is 1.50. The van der Waals surface area contributed by atoms with Crippen LogP contribution in [-0.2, 0) is 6.54 Å². The number of likely N-dealkylation sites (N-methyl/N-ethyl adjacent to an activating group) is 1. The molecule has 0 bridgehead atoms. The second kappa shape index (κ2) is 4.94. The largest absolute Gasteiger partial charge is 0.454 e. The van der Waals surface area contributed by atoms with Gasteiger partial charge >= 0.3 is 0 Å². The van der Waals surface area contributed by atoms with E-state index in [-0.39, 0.29) is 5.54 Å². The fourth-order valence-electron chi connectivity index (χ4n) is 1.66. The Kier molecular flexibility index (Phi) is 3.54. The number of hydrogen-bond acceptors (Lipinski definition) is 4. The molecule has 1 aromatic rings. The van der Waals surface area contributed by atoms with Crippen LogP contribution in [0, 0.1) is 0 Å². The summed E-state index contributed by atoms with van der Waals surface area (Å²) in [4.78, 5) is 0. The van der Waals surface area contributed by atoms with Crippen LogP contribution in [0.5, 0.6) is 11.5 Å². The van der Waals surface area contributed by atoms with Gasteiger partial charge < -0.3 is 20.1 Å². The first kappa shape index (κ1) is 12.2. The number of benzene rings is 1. The fourth-order valence-corrected chi connectivity index (χ4v) is 1.66. The molecule has 0 fully saturated rings. The zero-order valence-corrected chi connectivity index (χ0v) is 10.7. The van der Waals surface area contributed by atoms with Gasteiger partial charge in [0, 0.05) is 18.6 Å². The smallest absolute Gasteiger partial charge is 0.231 e. The van der Waals surface area contributed by atoms with Crippen molar-refractivity contribution in [3.8, 4) is 11.5 Å². The average Bonchev–Trinajstić information content (AvgIpc) is 2.76. The molecule has 2 N–H and O–H groups in total. The standard InChI is InChI=1S/C13H20N2O2/c1-13(2,14-3)8-15-7-10-4-5-11-12(6-10)17-9-16-11/h4-6,14-15H,7-9H2,1-3H3. The number of fused-ring (bicyclic) bond motifs is 1. The van der Waals surface area contributed by atoms with E-state index in [1.165, 1.54) is 5.56 Å². The summed E-state index contributed by atoms with van der Waals surface area (Å²) in [6.45, 7) is 6.41. The van der Waals surface area contributed by atoms with Gasteiger partial charge in [-0.1, -0.05) is 6.07 Å². The molecule has 0 radical (unpaired) electrons. The molecule has 1 aliphatic rings. The first-order valence-corrected chi connectivity index (χ1v) is 5.89. The lowest BCUT2D eigenvalue weighted by Crippen LogP contribution is -2.45. The minimum absolute atomic E-state index is 0.107. The van der Waals surface area contributed by atoms with Crippen molar-refractivity contribution >= 4 is 0 Å². The fraction of sp³-hybridized carbons (Fsp3) is 0.538. The second-order valence-electron chi connectivity index (χ2n) is 4.93. The van der Waals surface area contributed by atoms with E-state index in [1.54, 1.807) is 0 Å². The van der Waals surface area contributed by atoms with Crippen LogP contribution >= 0.6 is 0 Å². The molecule has 0 spiro atoms. The maximum absolute atomic E-state index is 5.35. The molecule has 94 valence electrons. The van der Waals surface area contributed by atoms with Gasteiger partial charge in [-0.2, -0.15) is 0 Å². The van der Waals surface area contributed by atoms with Gasteiger partial charge in [-0.05, 0) is 38.6 Å². The molecule has 1 aliphatic heterocycles. The molecule has 0 atom stereocenters. The Hall–Kier alpha value is -1.26. The van der Waals surface area contributed by atoms with Crippen molar-refractivity contribution < 1.29 is 9.47 Å². The van der Waals surface area contributed by atoms with Crippen molar-refractivity contribution in [2.24, 2.45) is 0 Å². The lowest BCUT2D eigenvalue weighted by Gasteiger charge is -2.24. The maximum atomic E-state index is 5.35. The van der Waals surface area contributed by atoms with E-state index >= 15 is 0 Å². The Morgan fingerprint density at radius 2 is 2.00 bits per heavy atom. The SMILES string of the molecule is CNC(C)(C)CNCc1ccc2c(c1)OCO2. The zero-order chi connectivity index (χ0) is 12.3. The topological polar surface area (TPSA) is 42.5 Å². The summed E-state index contributed by atoms with van der Waals surface area (Å²) < 4.78 is 10.6. The van der Waals surface area contributed by atoms with Gasteiger partial charge in [0.1, 0.15) is 0 Å². The van der Waals surface area contributed by atoms with Crippen molar-refractivity contribution in [2.45, 2.75) is 25.9 Å². The second-order valence-corrected chi connectivity index (χ2v) is 4.93. The average molecular weight is 236 g/mol. The molecule has 4 heteroatoms. The molecule has 1 heterocycles. The molecular formula is C13H20N2O2. The number of ether oxygens (including phenoxy) is 2. The third kappa shape index (κ3) is 3.11. The van der Waals surface area contributed by atoms with Gasteiger partial charge in [-0.3, -0.25) is 0 Å².